The van der Waals surface area contributed by atoms with Gasteiger partial charge in [0.15, 0.2) is 11.5 Å². The second-order valence-electron chi connectivity index (χ2n) is 8.48. The van der Waals surface area contributed by atoms with Gasteiger partial charge in [-0.2, -0.15) is 0 Å². The topological polar surface area (TPSA) is 94.5 Å². The monoisotopic (exact) mass is 606 g/mol. The molecule has 2 heterocycles. The van der Waals surface area contributed by atoms with Crippen LogP contribution >= 0.6 is 46.9 Å². The Kier molecular flexibility index (Phi) is 9.92. The van der Waals surface area contributed by atoms with Crippen molar-refractivity contribution in [1.82, 2.24) is 4.90 Å². The first-order valence-electron chi connectivity index (χ1n) is 11.8. The largest absolute Gasteiger partial charge is 0.497 e. The number of thioether (sulfide) groups is 3. The van der Waals surface area contributed by atoms with E-state index in [1.807, 2.05) is 18.4 Å². The number of esters is 2. The van der Waals surface area contributed by atoms with Crippen molar-refractivity contribution < 1.29 is 28.6 Å². The van der Waals surface area contributed by atoms with Crippen LogP contribution in [0.3, 0.4) is 0 Å². The first kappa shape index (κ1) is 29.4. The number of carbonyl (C=O) groups is 3. The lowest BCUT2D eigenvalue weighted by atomic mass is 10.0. The highest BCUT2D eigenvalue weighted by atomic mass is 35.5. The van der Waals surface area contributed by atoms with Crippen LogP contribution in [0.2, 0.25) is 5.02 Å². The number of carbonyl (C=O) groups excluding carboxylic acids is 3. The molecule has 1 fully saturated rings. The Labute approximate surface area is 244 Å². The number of hydrogen-bond donors (Lipinski definition) is 0. The van der Waals surface area contributed by atoms with Crippen LogP contribution in [-0.2, 0) is 30.5 Å². The van der Waals surface area contributed by atoms with Crippen molar-refractivity contribution in [3.63, 3.8) is 0 Å². The van der Waals surface area contributed by atoms with E-state index in [0.29, 0.717) is 27.1 Å². The van der Waals surface area contributed by atoms with E-state index < -0.39 is 23.4 Å². The summed E-state index contributed by atoms with van der Waals surface area (Å²) in [7, 11) is 1.57. The van der Waals surface area contributed by atoms with Crippen molar-refractivity contribution >= 4 is 69.8 Å². The molecule has 0 saturated carbocycles. The van der Waals surface area contributed by atoms with Gasteiger partial charge >= 0.3 is 11.9 Å². The minimum Gasteiger partial charge on any atom is -0.497 e. The number of fused-ring (bicyclic) bond motifs is 1. The zero-order valence-corrected chi connectivity index (χ0v) is 24.9. The molecule has 2 aliphatic rings. The average molecular weight is 607 g/mol. The SMILES string of the molecule is COc1ccc(COC(=O)C2=C(C(OC(C)=O)SC)CS[C@@H]3[C@@H](N=C(SC)c4ccc(Cl)cc4)C(=O)N23)cc1. The van der Waals surface area contributed by atoms with Gasteiger partial charge < -0.3 is 14.2 Å². The van der Waals surface area contributed by atoms with Crippen molar-refractivity contribution in [3.05, 3.63) is 76.0 Å². The highest BCUT2D eigenvalue weighted by Crippen LogP contribution is 2.44. The smallest absolute Gasteiger partial charge is 0.355 e. The Hall–Kier alpha value is -2.60. The zero-order chi connectivity index (χ0) is 28.1. The molecule has 0 aliphatic carbocycles. The first-order valence-corrected chi connectivity index (χ1v) is 15.8. The van der Waals surface area contributed by atoms with E-state index in [-0.39, 0.29) is 23.6 Å². The summed E-state index contributed by atoms with van der Waals surface area (Å²) in [6.07, 6.45) is 3.67. The maximum atomic E-state index is 13.5. The number of halogens is 1. The van der Waals surface area contributed by atoms with Crippen LogP contribution in [0.15, 0.2) is 64.8 Å². The summed E-state index contributed by atoms with van der Waals surface area (Å²) in [5.41, 5.74) is 1.52. The van der Waals surface area contributed by atoms with Gasteiger partial charge in [0.25, 0.3) is 5.91 Å². The molecule has 39 heavy (non-hydrogen) atoms. The molecule has 0 radical (unpaired) electrons. The van der Waals surface area contributed by atoms with Crippen molar-refractivity contribution in [2.24, 2.45) is 4.99 Å². The molecular weight excluding hydrogens is 580 g/mol. The minimum absolute atomic E-state index is 0.00567. The lowest BCUT2D eigenvalue weighted by Gasteiger charge is -2.48. The molecule has 3 atom stereocenters. The number of methoxy groups -OCH3 is 1. The molecule has 2 aromatic rings. The molecule has 0 N–H and O–H groups in total. The molecular formula is C27H27ClN2O6S3. The predicted molar refractivity (Wildman–Crippen MR) is 157 cm³/mol. The van der Waals surface area contributed by atoms with Crippen molar-refractivity contribution in [2.75, 3.05) is 25.4 Å². The molecule has 206 valence electrons. The summed E-state index contributed by atoms with van der Waals surface area (Å²) >= 11 is 10.2. The average Bonchev–Trinajstić information content (AvgIpc) is 2.95. The number of hydrogen-bond acceptors (Lipinski definition) is 10. The van der Waals surface area contributed by atoms with E-state index in [2.05, 4.69) is 0 Å². The van der Waals surface area contributed by atoms with Gasteiger partial charge in [0.1, 0.15) is 23.4 Å². The summed E-state index contributed by atoms with van der Waals surface area (Å²) in [4.78, 5) is 44.9. The van der Waals surface area contributed by atoms with Crippen LogP contribution < -0.4 is 4.74 Å². The Morgan fingerprint density at radius 3 is 2.44 bits per heavy atom. The number of β-lactam (4-membered cyclic amide) rings is 1. The molecule has 1 saturated heterocycles. The molecule has 12 heteroatoms. The fraction of sp³-hybridized carbons (Fsp3) is 0.333. The number of amides is 1. The Morgan fingerprint density at radius 2 is 1.85 bits per heavy atom. The summed E-state index contributed by atoms with van der Waals surface area (Å²) in [5.74, 6) is -0.389. The highest BCUT2D eigenvalue weighted by molar-refractivity contribution is 8.13. The van der Waals surface area contributed by atoms with Gasteiger partial charge in [-0.3, -0.25) is 19.5 Å². The van der Waals surface area contributed by atoms with E-state index in [9.17, 15) is 14.4 Å². The van der Waals surface area contributed by atoms with E-state index in [0.717, 1.165) is 11.1 Å². The van der Waals surface area contributed by atoms with Crippen molar-refractivity contribution in [2.45, 2.75) is 30.4 Å². The van der Waals surface area contributed by atoms with Gasteiger partial charge in [0.05, 0.1) is 12.2 Å². The van der Waals surface area contributed by atoms with Crippen molar-refractivity contribution in [3.8, 4) is 5.75 Å². The van der Waals surface area contributed by atoms with Crippen molar-refractivity contribution in [1.29, 1.82) is 0 Å². The second kappa shape index (κ2) is 13.2. The summed E-state index contributed by atoms with van der Waals surface area (Å²) in [5, 5.41) is 0.921. The third kappa shape index (κ3) is 6.59. The molecule has 0 spiro atoms. The second-order valence-corrected chi connectivity index (χ2v) is 11.7. The van der Waals surface area contributed by atoms with Crippen LogP contribution in [0.1, 0.15) is 18.1 Å². The number of rotatable bonds is 9. The lowest BCUT2D eigenvalue weighted by molar-refractivity contribution is -0.151. The van der Waals surface area contributed by atoms with Crippen LogP contribution in [0.4, 0.5) is 0 Å². The zero-order valence-electron chi connectivity index (χ0n) is 21.7. The highest BCUT2D eigenvalue weighted by Gasteiger charge is 2.55. The number of benzene rings is 2. The molecule has 0 bridgehead atoms. The molecule has 0 aromatic heterocycles. The Bertz CT molecular complexity index is 1300. The van der Waals surface area contributed by atoms with E-state index in [4.69, 9.17) is 30.8 Å². The van der Waals surface area contributed by atoms with Gasteiger partial charge in [-0.15, -0.1) is 35.3 Å². The number of aliphatic imine (C=N–C) groups is 1. The van der Waals surface area contributed by atoms with Gasteiger partial charge in [0, 0.05) is 28.8 Å². The molecule has 2 aromatic carbocycles. The Balaban J connectivity index is 1.62. The fourth-order valence-electron chi connectivity index (χ4n) is 4.09. The van der Waals surface area contributed by atoms with Gasteiger partial charge in [-0.25, -0.2) is 4.79 Å². The summed E-state index contributed by atoms with van der Waals surface area (Å²) < 4.78 is 16.3. The lowest BCUT2D eigenvalue weighted by Crippen LogP contribution is -2.64. The predicted octanol–water partition coefficient (Wildman–Crippen LogP) is 4.99. The van der Waals surface area contributed by atoms with E-state index in [1.54, 1.807) is 49.8 Å². The van der Waals surface area contributed by atoms with E-state index in [1.165, 1.54) is 47.1 Å². The van der Waals surface area contributed by atoms with Gasteiger partial charge in [0.2, 0.25) is 0 Å². The molecule has 4 rings (SSSR count). The summed E-state index contributed by atoms with van der Waals surface area (Å²) in [6.45, 7) is 1.32. The number of nitrogens with zero attached hydrogens (tertiary/aromatic N) is 2. The maximum Gasteiger partial charge on any atom is 0.355 e. The van der Waals surface area contributed by atoms with Gasteiger partial charge in [-0.1, -0.05) is 35.9 Å². The van der Waals surface area contributed by atoms with Crippen LogP contribution in [0, 0.1) is 0 Å². The first-order chi connectivity index (χ1) is 18.8. The van der Waals surface area contributed by atoms with E-state index >= 15 is 0 Å². The standard InChI is InChI=1S/C27H27ClN2O6S3/c1-15(31)36-27(38-4)20-14-39-25-21(29-23(37-3)17-7-9-18(28)10-8-17)24(32)30(25)22(20)26(33)35-13-16-5-11-19(34-2)12-6-16/h5-12,21,25,27H,13-14H2,1-4H3/t21-,25+,27?/m0/s1. The maximum absolute atomic E-state index is 13.5. The Morgan fingerprint density at radius 1 is 1.15 bits per heavy atom. The minimum atomic E-state index is -0.731. The molecule has 1 amide bonds. The van der Waals surface area contributed by atoms with Gasteiger partial charge in [-0.05, 0) is 42.3 Å². The molecule has 2 aliphatic heterocycles. The van der Waals surface area contributed by atoms with Crippen LogP contribution in [0.25, 0.3) is 0 Å². The summed E-state index contributed by atoms with van der Waals surface area (Å²) in [6, 6.07) is 13.7. The van der Waals surface area contributed by atoms with Crippen LogP contribution in [-0.4, -0.2) is 70.0 Å². The normalized spacial score (nSPS) is 19.7. The molecule has 8 nitrogen and oxygen atoms in total. The number of ether oxygens (including phenoxy) is 3. The fourth-order valence-corrected chi connectivity index (χ4v) is 6.98. The third-order valence-electron chi connectivity index (χ3n) is 6.00. The quantitative estimate of drug-likeness (QED) is 0.129. The van der Waals surface area contributed by atoms with Crippen LogP contribution in [0.5, 0.6) is 5.75 Å². The molecule has 1 unspecified atom stereocenters. The third-order valence-corrected chi connectivity index (χ3v) is 9.08.